The van der Waals surface area contributed by atoms with Crippen molar-refractivity contribution in [3.05, 3.63) is 34.9 Å². The summed E-state index contributed by atoms with van der Waals surface area (Å²) >= 11 is 0. The Bertz CT molecular complexity index is 874. The van der Waals surface area contributed by atoms with Gasteiger partial charge in [-0.3, -0.25) is 14.4 Å². The number of benzene rings is 1. The first-order chi connectivity index (χ1) is 14.2. The molecule has 3 aliphatic heterocycles. The number of hydrogen-bond donors (Lipinski definition) is 0. The molecule has 3 aliphatic rings. The van der Waals surface area contributed by atoms with E-state index in [1.807, 2.05) is 60.6 Å². The largest absolute Gasteiger partial charge is 0.342 e. The van der Waals surface area contributed by atoms with E-state index < -0.39 is 5.41 Å². The minimum atomic E-state index is -0.662. The molecule has 0 aromatic heterocycles. The lowest BCUT2D eigenvalue weighted by Crippen LogP contribution is -2.49. The minimum absolute atomic E-state index is 0.00351. The Labute approximate surface area is 179 Å². The summed E-state index contributed by atoms with van der Waals surface area (Å²) in [7, 11) is 0. The molecule has 0 N–H and O–H groups in total. The Morgan fingerprint density at radius 3 is 2.20 bits per heavy atom. The van der Waals surface area contributed by atoms with Crippen molar-refractivity contribution in [2.45, 2.75) is 40.5 Å². The maximum absolute atomic E-state index is 13.6. The molecule has 0 radical (unpaired) electrons. The van der Waals surface area contributed by atoms with Crippen LogP contribution in [0.2, 0.25) is 0 Å². The van der Waals surface area contributed by atoms with Crippen molar-refractivity contribution in [1.82, 2.24) is 14.7 Å². The molecule has 1 aromatic carbocycles. The lowest BCUT2D eigenvalue weighted by atomic mass is 9.79. The number of rotatable bonds is 3. The van der Waals surface area contributed by atoms with E-state index in [0.29, 0.717) is 31.7 Å². The zero-order valence-corrected chi connectivity index (χ0v) is 18.6. The Morgan fingerprint density at radius 1 is 0.933 bits per heavy atom. The zero-order valence-electron chi connectivity index (χ0n) is 18.6. The average molecular weight is 412 g/mol. The van der Waals surface area contributed by atoms with Crippen LogP contribution in [0.4, 0.5) is 0 Å². The van der Waals surface area contributed by atoms with Gasteiger partial charge in [0, 0.05) is 56.7 Å². The third-order valence-electron chi connectivity index (χ3n) is 7.27. The van der Waals surface area contributed by atoms with Crippen LogP contribution in [0.5, 0.6) is 0 Å². The molecule has 1 aromatic rings. The molecule has 0 unspecified atom stereocenters. The highest BCUT2D eigenvalue weighted by molar-refractivity contribution is 5.96. The van der Waals surface area contributed by atoms with Crippen LogP contribution in [0.1, 0.15) is 48.2 Å². The van der Waals surface area contributed by atoms with Crippen LogP contribution in [0.15, 0.2) is 18.2 Å². The molecule has 3 heterocycles. The normalized spacial score (nSPS) is 25.9. The summed E-state index contributed by atoms with van der Waals surface area (Å²) in [6.45, 7) is 11.4. The highest BCUT2D eigenvalue weighted by atomic mass is 16.2. The lowest BCUT2D eigenvalue weighted by Gasteiger charge is -2.32. The third kappa shape index (κ3) is 3.40. The van der Waals surface area contributed by atoms with Crippen molar-refractivity contribution in [2.24, 2.45) is 17.3 Å². The molecule has 0 saturated carbocycles. The fourth-order valence-electron chi connectivity index (χ4n) is 5.35. The first kappa shape index (κ1) is 20.9. The van der Waals surface area contributed by atoms with Gasteiger partial charge in [-0.15, -0.1) is 0 Å². The number of carbonyl (C=O) groups excluding carboxylic acids is 3. The van der Waals surface area contributed by atoms with Crippen molar-refractivity contribution >= 4 is 17.7 Å². The summed E-state index contributed by atoms with van der Waals surface area (Å²) in [6.07, 6.45) is 2.07. The molecule has 2 atom stereocenters. The topological polar surface area (TPSA) is 60.9 Å². The van der Waals surface area contributed by atoms with Crippen LogP contribution >= 0.6 is 0 Å². The summed E-state index contributed by atoms with van der Waals surface area (Å²) in [4.78, 5) is 45.3. The Morgan fingerprint density at radius 2 is 1.57 bits per heavy atom. The van der Waals surface area contributed by atoms with Crippen LogP contribution in [-0.2, 0) is 9.59 Å². The van der Waals surface area contributed by atoms with Gasteiger partial charge >= 0.3 is 0 Å². The van der Waals surface area contributed by atoms with Gasteiger partial charge < -0.3 is 14.7 Å². The molecular formula is C24H33N3O3. The third-order valence-corrected chi connectivity index (χ3v) is 7.27. The van der Waals surface area contributed by atoms with E-state index in [4.69, 9.17) is 0 Å². The summed E-state index contributed by atoms with van der Waals surface area (Å²) in [6, 6.07) is 5.80. The number of carbonyl (C=O) groups is 3. The van der Waals surface area contributed by atoms with E-state index in [0.717, 1.165) is 37.1 Å². The monoisotopic (exact) mass is 411 g/mol. The van der Waals surface area contributed by atoms with E-state index in [1.54, 1.807) is 0 Å². The predicted octanol–water partition coefficient (Wildman–Crippen LogP) is 2.48. The zero-order chi connectivity index (χ0) is 21.6. The molecular weight excluding hydrogens is 378 g/mol. The van der Waals surface area contributed by atoms with Gasteiger partial charge in [0.1, 0.15) is 0 Å². The van der Waals surface area contributed by atoms with Gasteiger partial charge in [-0.2, -0.15) is 0 Å². The predicted molar refractivity (Wildman–Crippen MR) is 115 cm³/mol. The fraction of sp³-hybridized carbons (Fsp3) is 0.625. The summed E-state index contributed by atoms with van der Waals surface area (Å²) in [5.74, 6) is 0.145. The standard InChI is InChI=1S/C24H33N3O3/c1-16(2)21(28)26-12-20-13-27(22(29)19-8-7-17(3)18(4)11-19)15-24(20,14-26)23(30)25-9-5-6-10-25/h7-8,11,16,20H,5-6,9-10,12-15H2,1-4H3/t20-,24-/m0/s1. The van der Waals surface area contributed by atoms with E-state index in [1.165, 1.54) is 0 Å². The highest BCUT2D eigenvalue weighted by Gasteiger charge is 2.60. The quantitative estimate of drug-likeness (QED) is 0.768. The van der Waals surface area contributed by atoms with Crippen molar-refractivity contribution in [1.29, 1.82) is 0 Å². The molecule has 162 valence electrons. The maximum Gasteiger partial charge on any atom is 0.253 e. The number of aryl methyl sites for hydroxylation is 2. The SMILES string of the molecule is Cc1ccc(C(=O)N2C[C@@H]3CN(C(=O)C(C)C)C[C@]3(C(=O)N3CCCC3)C2)cc1C. The van der Waals surface area contributed by atoms with Crippen LogP contribution in [-0.4, -0.2) is 71.7 Å². The van der Waals surface area contributed by atoms with Crippen LogP contribution in [0, 0.1) is 31.1 Å². The maximum atomic E-state index is 13.6. The number of amides is 3. The average Bonchev–Trinajstić information content (AvgIpc) is 3.43. The van der Waals surface area contributed by atoms with E-state index >= 15 is 0 Å². The van der Waals surface area contributed by atoms with Gasteiger partial charge in [0.15, 0.2) is 0 Å². The molecule has 0 bridgehead atoms. The Balaban J connectivity index is 1.60. The number of nitrogens with zero attached hydrogens (tertiary/aromatic N) is 3. The molecule has 30 heavy (non-hydrogen) atoms. The second-order valence-corrected chi connectivity index (χ2v) is 9.71. The van der Waals surface area contributed by atoms with Crippen LogP contribution in [0.25, 0.3) is 0 Å². The summed E-state index contributed by atoms with van der Waals surface area (Å²) in [5.41, 5.74) is 2.27. The second-order valence-electron chi connectivity index (χ2n) is 9.71. The van der Waals surface area contributed by atoms with E-state index in [-0.39, 0.29) is 29.6 Å². The molecule has 0 spiro atoms. The van der Waals surface area contributed by atoms with Gasteiger partial charge in [0.2, 0.25) is 11.8 Å². The summed E-state index contributed by atoms with van der Waals surface area (Å²) in [5, 5.41) is 0. The fourth-order valence-corrected chi connectivity index (χ4v) is 5.35. The van der Waals surface area contributed by atoms with Crippen LogP contribution in [0.3, 0.4) is 0 Å². The molecule has 6 nitrogen and oxygen atoms in total. The number of likely N-dealkylation sites (tertiary alicyclic amines) is 3. The molecule has 4 rings (SSSR count). The summed E-state index contributed by atoms with van der Waals surface area (Å²) < 4.78 is 0. The molecule has 3 amide bonds. The van der Waals surface area contributed by atoms with E-state index in [9.17, 15) is 14.4 Å². The van der Waals surface area contributed by atoms with Gasteiger partial charge in [-0.05, 0) is 49.9 Å². The van der Waals surface area contributed by atoms with Gasteiger partial charge in [0.25, 0.3) is 5.91 Å². The number of fused-ring (bicyclic) bond motifs is 1. The van der Waals surface area contributed by atoms with E-state index in [2.05, 4.69) is 0 Å². The minimum Gasteiger partial charge on any atom is -0.342 e. The van der Waals surface area contributed by atoms with Crippen molar-refractivity contribution in [3.63, 3.8) is 0 Å². The van der Waals surface area contributed by atoms with Crippen LogP contribution < -0.4 is 0 Å². The molecule has 0 aliphatic carbocycles. The molecule has 6 heteroatoms. The van der Waals surface area contributed by atoms with Gasteiger partial charge in [-0.25, -0.2) is 0 Å². The molecule has 3 saturated heterocycles. The Kier molecular flexibility index (Phi) is 5.37. The van der Waals surface area contributed by atoms with Crippen molar-refractivity contribution < 1.29 is 14.4 Å². The Hall–Kier alpha value is -2.37. The first-order valence-corrected chi connectivity index (χ1v) is 11.2. The number of hydrogen-bond acceptors (Lipinski definition) is 3. The first-order valence-electron chi connectivity index (χ1n) is 11.2. The second kappa shape index (κ2) is 7.71. The van der Waals surface area contributed by atoms with Crippen molar-refractivity contribution in [2.75, 3.05) is 39.3 Å². The van der Waals surface area contributed by atoms with Gasteiger partial charge in [-0.1, -0.05) is 19.9 Å². The smallest absolute Gasteiger partial charge is 0.253 e. The van der Waals surface area contributed by atoms with Crippen molar-refractivity contribution in [3.8, 4) is 0 Å². The highest BCUT2D eigenvalue weighted by Crippen LogP contribution is 2.45. The molecule has 3 fully saturated rings. The lowest BCUT2D eigenvalue weighted by molar-refractivity contribution is -0.141. The van der Waals surface area contributed by atoms with Gasteiger partial charge in [0.05, 0.1) is 5.41 Å².